The number of piperidine rings is 1. The molecule has 1 aromatic carbocycles. The summed E-state index contributed by atoms with van der Waals surface area (Å²) >= 11 is 0. The molecule has 3 aromatic rings. The van der Waals surface area contributed by atoms with Crippen molar-refractivity contribution >= 4 is 11.2 Å². The van der Waals surface area contributed by atoms with Crippen molar-refractivity contribution in [1.82, 2.24) is 19.4 Å². The Hall–Kier alpha value is -2.24. The maximum atomic E-state index is 9.68. The van der Waals surface area contributed by atoms with E-state index in [1.807, 2.05) is 12.1 Å². The normalized spacial score (nSPS) is 16.7. The first kappa shape index (κ1) is 15.3. The highest BCUT2D eigenvalue weighted by Gasteiger charge is 2.24. The number of nitrogens with zero attached hydrogens (tertiary/aromatic N) is 4. The number of hydrogen-bond acceptors (Lipinski definition) is 4. The summed E-state index contributed by atoms with van der Waals surface area (Å²) in [4.78, 5) is 11.5. The van der Waals surface area contributed by atoms with E-state index in [0.717, 1.165) is 49.5 Å². The molecule has 1 N–H and O–H groups in total. The molecule has 0 radical (unpaired) electrons. The van der Waals surface area contributed by atoms with Crippen LogP contribution in [0.5, 0.6) is 0 Å². The Labute approximate surface area is 141 Å². The van der Waals surface area contributed by atoms with Crippen molar-refractivity contribution in [3.05, 3.63) is 60.0 Å². The van der Waals surface area contributed by atoms with Gasteiger partial charge in [0.1, 0.15) is 17.9 Å². The largest absolute Gasteiger partial charge is 0.388 e. The highest BCUT2D eigenvalue weighted by atomic mass is 16.3. The molecule has 3 heterocycles. The van der Waals surface area contributed by atoms with E-state index in [0.29, 0.717) is 6.04 Å². The summed E-state index contributed by atoms with van der Waals surface area (Å²) in [5.74, 6) is 0.727. The molecule has 1 aliphatic rings. The number of pyridine rings is 1. The van der Waals surface area contributed by atoms with E-state index in [-0.39, 0.29) is 6.61 Å². The Morgan fingerprint density at radius 2 is 1.83 bits per heavy atom. The van der Waals surface area contributed by atoms with Crippen LogP contribution < -0.4 is 0 Å². The van der Waals surface area contributed by atoms with Crippen LogP contribution >= 0.6 is 0 Å². The molecule has 1 saturated heterocycles. The molecule has 0 amide bonds. The number of imidazole rings is 1. The molecule has 0 bridgehead atoms. The van der Waals surface area contributed by atoms with E-state index in [9.17, 15) is 5.11 Å². The number of aromatic nitrogens is 3. The second-order valence-corrected chi connectivity index (χ2v) is 6.40. The molecule has 5 heteroatoms. The quantitative estimate of drug-likeness (QED) is 0.802. The van der Waals surface area contributed by atoms with E-state index in [2.05, 4.69) is 49.8 Å². The zero-order valence-electron chi connectivity index (χ0n) is 13.7. The molecule has 2 aromatic heterocycles. The number of fused-ring (bicyclic) bond motifs is 1. The van der Waals surface area contributed by atoms with Crippen molar-refractivity contribution in [3.8, 4) is 0 Å². The van der Waals surface area contributed by atoms with Crippen LogP contribution in [0.2, 0.25) is 0 Å². The Morgan fingerprint density at radius 3 is 2.58 bits per heavy atom. The lowest BCUT2D eigenvalue weighted by Crippen LogP contribution is -2.34. The Kier molecular flexibility index (Phi) is 4.28. The molecule has 0 aliphatic carbocycles. The first-order valence-electron chi connectivity index (χ1n) is 8.54. The van der Waals surface area contributed by atoms with Gasteiger partial charge in [0, 0.05) is 31.9 Å². The molecule has 0 unspecified atom stereocenters. The third-order valence-corrected chi connectivity index (χ3v) is 4.83. The van der Waals surface area contributed by atoms with Crippen molar-refractivity contribution in [3.63, 3.8) is 0 Å². The maximum Gasteiger partial charge on any atom is 0.160 e. The van der Waals surface area contributed by atoms with Crippen LogP contribution in [0.1, 0.15) is 30.3 Å². The number of rotatable bonds is 4. The van der Waals surface area contributed by atoms with Gasteiger partial charge in [-0.25, -0.2) is 9.97 Å². The highest BCUT2D eigenvalue weighted by Crippen LogP contribution is 2.28. The molecule has 4 rings (SSSR count). The summed E-state index contributed by atoms with van der Waals surface area (Å²) in [6, 6.07) is 14.8. The lowest BCUT2D eigenvalue weighted by Gasteiger charge is -2.33. The predicted octanol–water partition coefficient (Wildman–Crippen LogP) is 2.76. The number of aliphatic hydroxyl groups is 1. The zero-order chi connectivity index (χ0) is 16.4. The highest BCUT2D eigenvalue weighted by molar-refractivity contribution is 5.71. The van der Waals surface area contributed by atoms with Crippen molar-refractivity contribution in [2.45, 2.75) is 32.0 Å². The summed E-state index contributed by atoms with van der Waals surface area (Å²) in [5.41, 5.74) is 3.12. The summed E-state index contributed by atoms with van der Waals surface area (Å²) in [6.07, 6.45) is 3.91. The van der Waals surface area contributed by atoms with Crippen LogP contribution in [0.25, 0.3) is 11.2 Å². The standard InChI is InChI=1S/C19H22N4O/c24-14-18-21-17-7-4-10-20-19(17)23(18)16-8-11-22(12-9-16)13-15-5-2-1-3-6-15/h1-7,10,16,24H,8-9,11-14H2. The van der Waals surface area contributed by atoms with Crippen LogP contribution in [0, 0.1) is 0 Å². The minimum Gasteiger partial charge on any atom is -0.388 e. The van der Waals surface area contributed by atoms with Gasteiger partial charge in [-0.05, 0) is 30.5 Å². The summed E-state index contributed by atoms with van der Waals surface area (Å²) < 4.78 is 2.15. The summed E-state index contributed by atoms with van der Waals surface area (Å²) in [7, 11) is 0. The minimum atomic E-state index is -0.0411. The molecule has 124 valence electrons. The molecule has 24 heavy (non-hydrogen) atoms. The van der Waals surface area contributed by atoms with Gasteiger partial charge >= 0.3 is 0 Å². The number of likely N-dealkylation sites (tertiary alicyclic amines) is 1. The van der Waals surface area contributed by atoms with Gasteiger partial charge in [0.2, 0.25) is 0 Å². The van der Waals surface area contributed by atoms with Gasteiger partial charge in [-0.3, -0.25) is 4.90 Å². The Balaban J connectivity index is 1.50. The van der Waals surface area contributed by atoms with Gasteiger partial charge < -0.3 is 9.67 Å². The van der Waals surface area contributed by atoms with E-state index < -0.39 is 0 Å². The lowest BCUT2D eigenvalue weighted by atomic mass is 10.0. The van der Waals surface area contributed by atoms with E-state index in [4.69, 9.17) is 0 Å². The molecule has 0 spiro atoms. The molecule has 0 atom stereocenters. The topological polar surface area (TPSA) is 54.2 Å². The van der Waals surface area contributed by atoms with Gasteiger partial charge in [0.25, 0.3) is 0 Å². The first-order chi connectivity index (χ1) is 11.8. The third kappa shape index (κ3) is 2.92. The third-order valence-electron chi connectivity index (χ3n) is 4.83. The Bertz CT molecular complexity index is 807. The molecule has 1 fully saturated rings. The van der Waals surface area contributed by atoms with Crippen LogP contribution in [-0.2, 0) is 13.2 Å². The van der Waals surface area contributed by atoms with Crippen molar-refractivity contribution in [2.75, 3.05) is 13.1 Å². The van der Waals surface area contributed by atoms with Crippen LogP contribution in [-0.4, -0.2) is 37.6 Å². The van der Waals surface area contributed by atoms with Gasteiger partial charge in [0.05, 0.1) is 0 Å². The fraction of sp³-hybridized carbons (Fsp3) is 0.368. The molecule has 1 aliphatic heterocycles. The van der Waals surface area contributed by atoms with E-state index >= 15 is 0 Å². The van der Waals surface area contributed by atoms with E-state index in [1.54, 1.807) is 6.20 Å². The fourth-order valence-electron chi connectivity index (χ4n) is 3.65. The average molecular weight is 322 g/mol. The van der Waals surface area contributed by atoms with Crippen LogP contribution in [0.3, 0.4) is 0 Å². The fourth-order valence-corrected chi connectivity index (χ4v) is 3.65. The van der Waals surface area contributed by atoms with Gasteiger partial charge in [-0.15, -0.1) is 0 Å². The second kappa shape index (κ2) is 6.71. The van der Waals surface area contributed by atoms with Gasteiger partial charge in [0.15, 0.2) is 5.65 Å². The van der Waals surface area contributed by atoms with E-state index in [1.165, 1.54) is 5.56 Å². The second-order valence-electron chi connectivity index (χ2n) is 6.40. The maximum absolute atomic E-state index is 9.68. The molecular formula is C19H22N4O. The zero-order valence-corrected chi connectivity index (χ0v) is 13.7. The predicted molar refractivity (Wildman–Crippen MR) is 93.4 cm³/mol. The number of hydrogen-bond donors (Lipinski definition) is 1. The number of benzene rings is 1. The van der Waals surface area contributed by atoms with Crippen molar-refractivity contribution < 1.29 is 5.11 Å². The van der Waals surface area contributed by atoms with Crippen LogP contribution in [0.4, 0.5) is 0 Å². The first-order valence-corrected chi connectivity index (χ1v) is 8.54. The lowest BCUT2D eigenvalue weighted by molar-refractivity contribution is 0.174. The minimum absolute atomic E-state index is 0.0411. The molecule has 5 nitrogen and oxygen atoms in total. The Morgan fingerprint density at radius 1 is 1.04 bits per heavy atom. The van der Waals surface area contributed by atoms with Gasteiger partial charge in [-0.1, -0.05) is 30.3 Å². The SMILES string of the molecule is OCc1nc2cccnc2n1C1CCN(Cc2ccccc2)CC1. The van der Waals surface area contributed by atoms with Gasteiger partial charge in [-0.2, -0.15) is 0 Å². The molecule has 0 saturated carbocycles. The summed E-state index contributed by atoms with van der Waals surface area (Å²) in [6.45, 7) is 3.07. The molecular weight excluding hydrogens is 300 g/mol. The number of aliphatic hydroxyl groups excluding tert-OH is 1. The smallest absolute Gasteiger partial charge is 0.160 e. The monoisotopic (exact) mass is 322 g/mol. The summed E-state index contributed by atoms with van der Waals surface area (Å²) in [5, 5.41) is 9.68. The van der Waals surface area contributed by atoms with Crippen molar-refractivity contribution in [1.29, 1.82) is 0 Å². The average Bonchev–Trinajstić information content (AvgIpc) is 3.02. The van der Waals surface area contributed by atoms with Crippen molar-refractivity contribution in [2.24, 2.45) is 0 Å². The van der Waals surface area contributed by atoms with Crippen LogP contribution in [0.15, 0.2) is 48.7 Å².